The number of hydrogen-bond donors (Lipinski definition) is 0. The summed E-state index contributed by atoms with van der Waals surface area (Å²) in [7, 11) is 0. The normalized spacial score (nSPS) is 11.9. The van der Waals surface area contributed by atoms with E-state index in [1.807, 2.05) is 54.6 Å². The van der Waals surface area contributed by atoms with E-state index in [1.54, 1.807) is 0 Å². The molecule has 0 unspecified atom stereocenters. The van der Waals surface area contributed by atoms with Crippen molar-refractivity contribution in [2.75, 3.05) is 0 Å². The molecule has 0 bridgehead atoms. The number of benzene rings is 11. The molecule has 0 spiro atoms. The first-order valence-corrected chi connectivity index (χ1v) is 25.6. The van der Waals surface area contributed by atoms with Crippen LogP contribution in [0.4, 0.5) is 0 Å². The number of aromatic nitrogens is 5. The minimum Gasteiger partial charge on any atom is -0.456 e. The lowest BCUT2D eigenvalue weighted by molar-refractivity contribution is 0.668. The summed E-state index contributed by atoms with van der Waals surface area (Å²) in [6.07, 6.45) is 0. The molecule has 354 valence electrons. The number of para-hydroxylation sites is 3. The Morgan fingerprint density at radius 1 is 0.263 bits per heavy atom. The summed E-state index contributed by atoms with van der Waals surface area (Å²) in [5, 5.41) is 8.80. The van der Waals surface area contributed by atoms with Crippen molar-refractivity contribution in [3.8, 4) is 67.8 Å². The highest BCUT2D eigenvalue weighted by molar-refractivity contribution is 6.24. The maximum atomic E-state index is 6.65. The fourth-order valence-electron chi connectivity index (χ4n) is 11.7. The first-order chi connectivity index (χ1) is 37.7. The monoisotopic (exact) mass is 971 g/mol. The Hall–Kier alpha value is -10.4. The molecule has 0 radical (unpaired) electrons. The summed E-state index contributed by atoms with van der Waals surface area (Å²) in [6, 6.07) is 87.5. The molecule has 0 saturated heterocycles. The van der Waals surface area contributed by atoms with Crippen LogP contribution in [0.2, 0.25) is 0 Å². The van der Waals surface area contributed by atoms with Crippen molar-refractivity contribution >= 4 is 87.5 Å². The van der Waals surface area contributed by atoms with Gasteiger partial charge in [0.15, 0.2) is 17.5 Å². The number of furan rings is 2. The second kappa shape index (κ2) is 16.6. The molecule has 0 aliphatic carbocycles. The van der Waals surface area contributed by atoms with Gasteiger partial charge in [-0.2, -0.15) is 0 Å². The molecule has 0 saturated carbocycles. The van der Waals surface area contributed by atoms with Gasteiger partial charge in [0.05, 0.1) is 22.1 Å². The summed E-state index contributed by atoms with van der Waals surface area (Å²) in [6.45, 7) is 0. The minimum absolute atomic E-state index is 0.547. The van der Waals surface area contributed by atoms with Gasteiger partial charge in [0, 0.05) is 71.2 Å². The van der Waals surface area contributed by atoms with Crippen LogP contribution in [0.15, 0.2) is 258 Å². The summed E-state index contributed by atoms with van der Waals surface area (Å²) in [5.74, 6) is 1.67. The van der Waals surface area contributed by atoms with E-state index in [1.165, 1.54) is 38.1 Å². The van der Waals surface area contributed by atoms with Crippen LogP contribution in [-0.4, -0.2) is 24.1 Å². The quantitative estimate of drug-likeness (QED) is 0.159. The largest absolute Gasteiger partial charge is 0.456 e. The van der Waals surface area contributed by atoms with E-state index >= 15 is 0 Å². The molecule has 76 heavy (non-hydrogen) atoms. The number of nitrogens with zero attached hydrogens (tertiary/aromatic N) is 5. The SMILES string of the molecule is c1ccc(-c2ccc3c(c2)oc2cc(-c4nc(-c5ccccc5)nc(-c5cccc6oc7ccc(-c8ccc9c(c8)c8ccc%10c%11ccccc%11n(-c%11ccccc%11)c%10c8n9-c8ccccc8)cc7c56)n4)ccc23)cc1. The van der Waals surface area contributed by atoms with Crippen molar-refractivity contribution in [2.24, 2.45) is 0 Å². The van der Waals surface area contributed by atoms with Crippen LogP contribution in [0.5, 0.6) is 0 Å². The second-order valence-corrected chi connectivity index (χ2v) is 19.5. The highest BCUT2D eigenvalue weighted by atomic mass is 16.3. The number of fused-ring (bicyclic) bond motifs is 13. The first kappa shape index (κ1) is 42.2. The molecule has 5 aromatic heterocycles. The Balaban J connectivity index is 0.863. The van der Waals surface area contributed by atoms with Crippen molar-refractivity contribution in [3.05, 3.63) is 249 Å². The maximum Gasteiger partial charge on any atom is 0.164 e. The Labute approximate surface area is 434 Å². The third-order valence-corrected chi connectivity index (χ3v) is 15.2. The van der Waals surface area contributed by atoms with Gasteiger partial charge in [-0.1, -0.05) is 164 Å². The zero-order valence-corrected chi connectivity index (χ0v) is 40.7. The van der Waals surface area contributed by atoms with Crippen molar-refractivity contribution in [1.82, 2.24) is 24.1 Å². The first-order valence-electron chi connectivity index (χ1n) is 25.6. The lowest BCUT2D eigenvalue weighted by Crippen LogP contribution is -2.00. The lowest BCUT2D eigenvalue weighted by atomic mass is 9.99. The molecule has 7 nitrogen and oxygen atoms in total. The molecule has 0 aliphatic heterocycles. The molecular formula is C69H41N5O2. The average molecular weight is 972 g/mol. The van der Waals surface area contributed by atoms with E-state index < -0.39 is 0 Å². The maximum absolute atomic E-state index is 6.65. The topological polar surface area (TPSA) is 74.8 Å². The van der Waals surface area contributed by atoms with Crippen LogP contribution in [0.3, 0.4) is 0 Å². The molecule has 16 aromatic rings. The van der Waals surface area contributed by atoms with Crippen LogP contribution in [-0.2, 0) is 0 Å². The van der Waals surface area contributed by atoms with Crippen LogP contribution in [0, 0.1) is 0 Å². The molecule has 0 amide bonds. The van der Waals surface area contributed by atoms with E-state index in [2.05, 4.69) is 203 Å². The molecule has 5 heterocycles. The summed E-state index contributed by atoms with van der Waals surface area (Å²) in [5.41, 5.74) is 17.0. The molecule has 0 atom stereocenters. The van der Waals surface area contributed by atoms with E-state index in [4.69, 9.17) is 23.8 Å². The summed E-state index contributed by atoms with van der Waals surface area (Å²) in [4.78, 5) is 15.6. The van der Waals surface area contributed by atoms with Crippen molar-refractivity contribution < 1.29 is 8.83 Å². The zero-order valence-electron chi connectivity index (χ0n) is 40.7. The summed E-state index contributed by atoms with van der Waals surface area (Å²) >= 11 is 0. The number of hydrogen-bond acceptors (Lipinski definition) is 5. The standard InChI is InChI=1S/C69H41N5O2/c1-5-16-42(17-6-1)46-28-32-51-52-33-29-47(41-63(52)76-62(51)40-46)68-70-67(43-18-7-2-8-19-43)71-69(72-68)55-25-15-27-61-64(55)57-39-45(31-37-60(57)75-61)44-30-36-59-56(38-44)54-35-34-53-50-24-13-14-26-58(50)73(48-20-9-3-10-21-48)65(53)66(54)74(59)49-22-11-4-12-23-49/h1-41H. The predicted molar refractivity (Wildman–Crippen MR) is 310 cm³/mol. The van der Waals surface area contributed by atoms with Gasteiger partial charge in [-0.25, -0.2) is 15.0 Å². The molecule has 7 heteroatoms. The minimum atomic E-state index is 0.547. The molecule has 0 fully saturated rings. The van der Waals surface area contributed by atoms with E-state index in [0.29, 0.717) is 17.5 Å². The Kier molecular flexibility index (Phi) is 9.20. The molecule has 0 N–H and O–H groups in total. The van der Waals surface area contributed by atoms with Gasteiger partial charge < -0.3 is 18.0 Å². The average Bonchev–Trinajstić information content (AvgIpc) is 4.37. The fourth-order valence-corrected chi connectivity index (χ4v) is 11.7. The van der Waals surface area contributed by atoms with Crippen molar-refractivity contribution in [2.45, 2.75) is 0 Å². The smallest absolute Gasteiger partial charge is 0.164 e. The lowest BCUT2D eigenvalue weighted by Gasteiger charge is -2.12. The highest BCUT2D eigenvalue weighted by Gasteiger charge is 2.23. The Morgan fingerprint density at radius 2 is 0.750 bits per heavy atom. The summed E-state index contributed by atoms with van der Waals surface area (Å²) < 4.78 is 18.1. The number of rotatable bonds is 7. The van der Waals surface area contributed by atoms with E-state index in [-0.39, 0.29) is 0 Å². The van der Waals surface area contributed by atoms with Gasteiger partial charge in [0.1, 0.15) is 22.3 Å². The third-order valence-electron chi connectivity index (χ3n) is 15.2. The van der Waals surface area contributed by atoms with Gasteiger partial charge in [-0.15, -0.1) is 0 Å². The van der Waals surface area contributed by atoms with Gasteiger partial charge >= 0.3 is 0 Å². The van der Waals surface area contributed by atoms with E-state index in [9.17, 15) is 0 Å². The predicted octanol–water partition coefficient (Wildman–Crippen LogP) is 18.2. The van der Waals surface area contributed by atoms with Gasteiger partial charge in [-0.05, 0) is 107 Å². The van der Waals surface area contributed by atoms with Crippen LogP contribution in [0.25, 0.3) is 155 Å². The third kappa shape index (κ3) is 6.52. The van der Waals surface area contributed by atoms with Gasteiger partial charge in [-0.3, -0.25) is 0 Å². The van der Waals surface area contributed by atoms with Crippen LogP contribution < -0.4 is 0 Å². The molecule has 16 rings (SSSR count). The Bertz CT molecular complexity index is 4980. The second-order valence-electron chi connectivity index (χ2n) is 19.5. The molecule has 11 aromatic carbocycles. The van der Waals surface area contributed by atoms with Gasteiger partial charge in [0.25, 0.3) is 0 Å². The van der Waals surface area contributed by atoms with Crippen LogP contribution in [0.1, 0.15) is 0 Å². The van der Waals surface area contributed by atoms with Gasteiger partial charge in [0.2, 0.25) is 0 Å². The molecular weight excluding hydrogens is 931 g/mol. The molecule has 0 aliphatic rings. The van der Waals surface area contributed by atoms with Crippen molar-refractivity contribution in [1.29, 1.82) is 0 Å². The van der Waals surface area contributed by atoms with Crippen molar-refractivity contribution in [3.63, 3.8) is 0 Å². The fraction of sp³-hybridized carbons (Fsp3) is 0. The highest BCUT2D eigenvalue weighted by Crippen LogP contribution is 2.44. The van der Waals surface area contributed by atoms with Crippen LogP contribution >= 0.6 is 0 Å². The Morgan fingerprint density at radius 3 is 1.45 bits per heavy atom. The van der Waals surface area contributed by atoms with E-state index in [0.717, 1.165) is 99.7 Å². The zero-order chi connectivity index (χ0) is 49.8.